The number of carbonyl (C=O) groups is 1. The van der Waals surface area contributed by atoms with Gasteiger partial charge in [-0.15, -0.1) is 0 Å². The Hall–Kier alpha value is -0.950. The second kappa shape index (κ2) is 16.2. The van der Waals surface area contributed by atoms with Crippen LogP contribution in [0.15, 0.2) is 12.2 Å². The van der Waals surface area contributed by atoms with Crippen LogP contribution in [-0.4, -0.2) is 60.4 Å². The Labute approximate surface area is 281 Å². The van der Waals surface area contributed by atoms with Crippen LogP contribution in [-0.2, 0) is 28.5 Å². The molecule has 0 amide bonds. The van der Waals surface area contributed by atoms with Crippen LogP contribution in [0.3, 0.4) is 0 Å². The Morgan fingerprint density at radius 1 is 0.652 bits per heavy atom. The van der Waals surface area contributed by atoms with Crippen molar-refractivity contribution in [2.45, 2.75) is 203 Å². The molecule has 2 aliphatic heterocycles. The van der Waals surface area contributed by atoms with E-state index in [0.29, 0.717) is 11.5 Å². The monoisotopic (exact) mass is 645 g/mol. The highest BCUT2D eigenvalue weighted by atomic mass is 16.6. The molecule has 6 nitrogen and oxygen atoms in total. The van der Waals surface area contributed by atoms with Gasteiger partial charge in [-0.05, 0) is 83.5 Å². The van der Waals surface area contributed by atoms with Gasteiger partial charge in [0.15, 0.2) is 0 Å². The first kappa shape index (κ1) is 36.3. The Balaban J connectivity index is 1.05. The van der Waals surface area contributed by atoms with Gasteiger partial charge in [0, 0.05) is 38.0 Å². The molecule has 0 aromatic heterocycles. The summed E-state index contributed by atoms with van der Waals surface area (Å²) in [7, 11) is 0. The molecule has 2 heterocycles. The number of unbranched alkanes of at least 4 members (excludes halogenated alkanes) is 8. The van der Waals surface area contributed by atoms with E-state index in [1.54, 1.807) is 6.92 Å². The summed E-state index contributed by atoms with van der Waals surface area (Å²) in [6.45, 7) is 13.7. The lowest BCUT2D eigenvalue weighted by molar-refractivity contribution is -0.283. The second-order valence-electron chi connectivity index (χ2n) is 16.5. The van der Waals surface area contributed by atoms with E-state index in [2.05, 4.69) is 20.4 Å². The van der Waals surface area contributed by atoms with Gasteiger partial charge < -0.3 is 23.7 Å². The average molecular weight is 645 g/mol. The van der Waals surface area contributed by atoms with Crippen LogP contribution >= 0.6 is 0 Å². The average Bonchev–Trinajstić information content (AvgIpc) is 2.96. The molecule has 0 N–H and O–H groups in total. The third-order valence-electron chi connectivity index (χ3n) is 12.3. The molecule has 6 fully saturated rings. The standard InChI is InChI=1S/C40H68O6/c1-5-17-36(21-25-44-36)19-13-9-7-11-15-23-42-38-27-34-28-39(30-38,32-40(29-34,31-38)46-35(41)33(3)4)43-24-16-12-8-10-14-20-37(18-6-2)22-26-45-37/h34H,3,5-32H2,1-2,4H3. The minimum absolute atomic E-state index is 0.209. The van der Waals surface area contributed by atoms with E-state index in [-0.39, 0.29) is 28.4 Å². The summed E-state index contributed by atoms with van der Waals surface area (Å²) < 4.78 is 32.0. The van der Waals surface area contributed by atoms with E-state index in [4.69, 9.17) is 23.7 Å². The zero-order valence-corrected chi connectivity index (χ0v) is 30.0. The third-order valence-corrected chi connectivity index (χ3v) is 12.3. The Kier molecular flexibility index (Phi) is 12.8. The maximum absolute atomic E-state index is 12.8. The molecule has 6 aliphatic rings. The Morgan fingerprint density at radius 2 is 1.07 bits per heavy atom. The van der Waals surface area contributed by atoms with Gasteiger partial charge in [-0.25, -0.2) is 4.79 Å². The van der Waals surface area contributed by atoms with Crippen LogP contribution < -0.4 is 0 Å². The van der Waals surface area contributed by atoms with E-state index in [1.165, 1.54) is 103 Å². The number of hydrogen-bond acceptors (Lipinski definition) is 6. The van der Waals surface area contributed by atoms with Crippen molar-refractivity contribution in [2.24, 2.45) is 5.92 Å². The molecule has 4 unspecified atom stereocenters. The number of carbonyl (C=O) groups excluding carboxylic acids is 1. The lowest BCUT2D eigenvalue weighted by Crippen LogP contribution is -2.68. The SMILES string of the molecule is C=C(C)C(=O)OC12CC3CC(OCCCCCCCC4(CCC)CCO4)(CC(OCCCCCCCC4(CCC)CCO4)(C3)C1)C2. The summed E-state index contributed by atoms with van der Waals surface area (Å²) in [4.78, 5) is 12.8. The summed E-state index contributed by atoms with van der Waals surface area (Å²) in [6, 6.07) is 0. The smallest absolute Gasteiger partial charge is 0.333 e. The second-order valence-corrected chi connectivity index (χ2v) is 16.5. The molecule has 2 saturated heterocycles. The fourth-order valence-corrected chi connectivity index (χ4v) is 10.4. The highest BCUT2D eigenvalue weighted by Gasteiger charge is 2.66. The minimum Gasteiger partial charge on any atom is -0.455 e. The molecule has 0 radical (unpaired) electrons. The molecule has 46 heavy (non-hydrogen) atoms. The van der Waals surface area contributed by atoms with Crippen LogP contribution in [0.1, 0.15) is 175 Å². The van der Waals surface area contributed by atoms with Crippen LogP contribution in [0.5, 0.6) is 0 Å². The van der Waals surface area contributed by atoms with Gasteiger partial charge in [-0.1, -0.05) is 84.6 Å². The molecule has 6 heteroatoms. The van der Waals surface area contributed by atoms with Gasteiger partial charge in [0.1, 0.15) is 5.60 Å². The molecule has 264 valence electrons. The van der Waals surface area contributed by atoms with Gasteiger partial charge in [0.2, 0.25) is 0 Å². The third kappa shape index (κ3) is 9.18. The zero-order valence-electron chi connectivity index (χ0n) is 30.0. The molecule has 4 aliphatic carbocycles. The normalized spacial score (nSPS) is 35.9. The van der Waals surface area contributed by atoms with E-state index in [0.717, 1.165) is 77.8 Å². The molecule has 0 spiro atoms. The molecular weight excluding hydrogens is 576 g/mol. The summed E-state index contributed by atoms with van der Waals surface area (Å²) in [5.41, 5.74) is -0.0518. The molecular formula is C40H68O6. The van der Waals surface area contributed by atoms with Gasteiger partial charge in [-0.3, -0.25) is 0 Å². The highest BCUT2D eigenvalue weighted by Crippen LogP contribution is 2.63. The maximum Gasteiger partial charge on any atom is 0.333 e. The highest BCUT2D eigenvalue weighted by molar-refractivity contribution is 5.87. The number of ether oxygens (including phenoxy) is 5. The summed E-state index contributed by atoms with van der Waals surface area (Å²) in [5.74, 6) is 0.232. The predicted molar refractivity (Wildman–Crippen MR) is 184 cm³/mol. The van der Waals surface area contributed by atoms with Crippen molar-refractivity contribution in [1.29, 1.82) is 0 Å². The van der Waals surface area contributed by atoms with Crippen molar-refractivity contribution >= 4 is 5.97 Å². The quantitative estimate of drug-likeness (QED) is 0.0592. The number of rotatable bonds is 24. The molecule has 4 atom stereocenters. The molecule has 4 saturated carbocycles. The molecule has 0 aromatic carbocycles. The van der Waals surface area contributed by atoms with Gasteiger partial charge >= 0.3 is 5.97 Å². The van der Waals surface area contributed by atoms with E-state index < -0.39 is 5.60 Å². The van der Waals surface area contributed by atoms with Crippen LogP contribution in [0.25, 0.3) is 0 Å². The van der Waals surface area contributed by atoms with Gasteiger partial charge in [-0.2, -0.15) is 0 Å². The largest absolute Gasteiger partial charge is 0.455 e. The molecule has 4 bridgehead atoms. The first-order valence-corrected chi connectivity index (χ1v) is 19.6. The van der Waals surface area contributed by atoms with E-state index in [1.807, 2.05) is 0 Å². The number of esters is 1. The minimum atomic E-state index is -0.481. The maximum atomic E-state index is 12.8. The zero-order chi connectivity index (χ0) is 32.6. The topological polar surface area (TPSA) is 63.2 Å². The fourth-order valence-electron chi connectivity index (χ4n) is 10.4. The first-order chi connectivity index (χ1) is 22.2. The Morgan fingerprint density at radius 3 is 1.48 bits per heavy atom. The van der Waals surface area contributed by atoms with E-state index in [9.17, 15) is 4.79 Å². The van der Waals surface area contributed by atoms with E-state index >= 15 is 0 Å². The van der Waals surface area contributed by atoms with Crippen LogP contribution in [0.4, 0.5) is 0 Å². The Bertz CT molecular complexity index is 926. The molecule has 6 rings (SSSR count). The fraction of sp³-hybridized carbons (Fsp3) is 0.925. The summed E-state index contributed by atoms with van der Waals surface area (Å²) in [5, 5.41) is 0. The van der Waals surface area contributed by atoms with Crippen LogP contribution in [0.2, 0.25) is 0 Å². The van der Waals surface area contributed by atoms with Crippen molar-refractivity contribution in [3.05, 3.63) is 12.2 Å². The van der Waals surface area contributed by atoms with Gasteiger partial charge in [0.25, 0.3) is 0 Å². The lowest BCUT2D eigenvalue weighted by Gasteiger charge is -2.64. The first-order valence-electron chi connectivity index (χ1n) is 19.6. The summed E-state index contributed by atoms with van der Waals surface area (Å²) in [6.07, 6.45) is 27.8. The van der Waals surface area contributed by atoms with Crippen molar-refractivity contribution < 1.29 is 28.5 Å². The van der Waals surface area contributed by atoms with Gasteiger partial charge in [0.05, 0.1) is 35.6 Å². The predicted octanol–water partition coefficient (Wildman–Crippen LogP) is 9.95. The van der Waals surface area contributed by atoms with Crippen molar-refractivity contribution in [1.82, 2.24) is 0 Å². The van der Waals surface area contributed by atoms with Crippen molar-refractivity contribution in [2.75, 3.05) is 26.4 Å². The van der Waals surface area contributed by atoms with Crippen molar-refractivity contribution in [3.8, 4) is 0 Å². The van der Waals surface area contributed by atoms with Crippen molar-refractivity contribution in [3.63, 3.8) is 0 Å². The molecule has 0 aromatic rings. The van der Waals surface area contributed by atoms with Crippen LogP contribution in [0, 0.1) is 5.92 Å². The number of hydrogen-bond donors (Lipinski definition) is 0. The lowest BCUT2D eigenvalue weighted by atomic mass is 9.50. The summed E-state index contributed by atoms with van der Waals surface area (Å²) >= 11 is 0.